The Morgan fingerprint density at radius 2 is 2.33 bits per heavy atom. The summed E-state index contributed by atoms with van der Waals surface area (Å²) >= 11 is 0. The van der Waals surface area contributed by atoms with Gasteiger partial charge in [0, 0.05) is 6.04 Å². The second-order valence-corrected chi connectivity index (χ2v) is 6.66. The molecule has 0 aromatic rings. The molecule has 2 atom stereocenters. The quantitative estimate of drug-likeness (QED) is 0.414. The Morgan fingerprint density at radius 3 is 2.73 bits per heavy atom. The molecule has 1 rings (SSSR count). The fourth-order valence-corrected chi connectivity index (χ4v) is 3.88. The number of sulfone groups is 1. The third kappa shape index (κ3) is 3.93. The molecular formula is C10H20N2O2S. The maximum atomic E-state index is 11.3. The van der Waals surface area contributed by atoms with Gasteiger partial charge in [-0.15, -0.1) is 6.58 Å². The van der Waals surface area contributed by atoms with Crippen LogP contribution in [0.5, 0.6) is 0 Å². The molecule has 0 aliphatic carbocycles. The highest BCUT2D eigenvalue weighted by Gasteiger charge is 2.32. The van der Waals surface area contributed by atoms with E-state index in [9.17, 15) is 8.42 Å². The van der Waals surface area contributed by atoms with Gasteiger partial charge < -0.3 is 0 Å². The molecule has 0 saturated carbocycles. The molecule has 1 heterocycles. The summed E-state index contributed by atoms with van der Waals surface area (Å²) in [6, 6.07) is 0.0963. The van der Waals surface area contributed by atoms with Crippen molar-refractivity contribution < 1.29 is 8.42 Å². The molecule has 15 heavy (non-hydrogen) atoms. The summed E-state index contributed by atoms with van der Waals surface area (Å²) in [5, 5.41) is 0. The lowest BCUT2D eigenvalue weighted by atomic mass is 9.94. The molecule has 1 saturated heterocycles. The number of rotatable bonds is 5. The van der Waals surface area contributed by atoms with Gasteiger partial charge in [-0.25, -0.2) is 8.42 Å². The van der Waals surface area contributed by atoms with Crippen molar-refractivity contribution >= 4 is 9.84 Å². The highest BCUT2D eigenvalue weighted by molar-refractivity contribution is 7.91. The molecule has 2 unspecified atom stereocenters. The van der Waals surface area contributed by atoms with Crippen LogP contribution >= 0.6 is 0 Å². The average molecular weight is 232 g/mol. The molecular weight excluding hydrogens is 212 g/mol. The van der Waals surface area contributed by atoms with E-state index in [4.69, 9.17) is 5.84 Å². The van der Waals surface area contributed by atoms with E-state index >= 15 is 0 Å². The molecule has 4 nitrogen and oxygen atoms in total. The lowest BCUT2D eigenvalue weighted by molar-refractivity contribution is 0.367. The summed E-state index contributed by atoms with van der Waals surface area (Å²) in [5.74, 6) is 6.20. The number of hydrogen-bond donors (Lipinski definition) is 2. The van der Waals surface area contributed by atoms with E-state index in [2.05, 4.69) is 12.0 Å². The lowest BCUT2D eigenvalue weighted by Crippen LogP contribution is -2.41. The first-order valence-corrected chi connectivity index (χ1v) is 7.07. The van der Waals surface area contributed by atoms with E-state index in [0.29, 0.717) is 5.75 Å². The Balaban J connectivity index is 2.49. The van der Waals surface area contributed by atoms with Gasteiger partial charge in [0.25, 0.3) is 0 Å². The largest absolute Gasteiger partial charge is 0.271 e. The highest BCUT2D eigenvalue weighted by Crippen LogP contribution is 2.24. The predicted octanol–water partition coefficient (Wildman–Crippen LogP) is 0.609. The van der Waals surface area contributed by atoms with E-state index in [-0.39, 0.29) is 17.7 Å². The van der Waals surface area contributed by atoms with E-state index in [1.165, 1.54) is 0 Å². The molecule has 3 N–H and O–H groups in total. The topological polar surface area (TPSA) is 72.2 Å². The molecule has 0 spiro atoms. The maximum absolute atomic E-state index is 11.3. The average Bonchev–Trinajstić information content (AvgIpc) is 2.47. The van der Waals surface area contributed by atoms with Crippen LogP contribution in [-0.4, -0.2) is 26.0 Å². The fourth-order valence-electron chi connectivity index (χ4n) is 2.00. The van der Waals surface area contributed by atoms with Crippen LogP contribution < -0.4 is 11.3 Å². The van der Waals surface area contributed by atoms with Crippen LogP contribution in [0.15, 0.2) is 12.2 Å². The molecule has 5 heteroatoms. The summed E-state index contributed by atoms with van der Waals surface area (Å²) in [5.41, 5.74) is 3.84. The first kappa shape index (κ1) is 12.7. The second-order valence-electron chi connectivity index (χ2n) is 4.43. The molecule has 1 aliphatic rings. The van der Waals surface area contributed by atoms with Crippen molar-refractivity contribution in [3.05, 3.63) is 12.2 Å². The van der Waals surface area contributed by atoms with Crippen LogP contribution in [0, 0.1) is 5.92 Å². The zero-order valence-electron chi connectivity index (χ0n) is 9.20. The van der Waals surface area contributed by atoms with Gasteiger partial charge in [-0.1, -0.05) is 5.57 Å². The van der Waals surface area contributed by atoms with Gasteiger partial charge in [0.2, 0.25) is 0 Å². The number of allylic oxidation sites excluding steroid dienone is 1. The molecule has 0 aromatic carbocycles. The number of hydrazine groups is 1. The molecule has 0 bridgehead atoms. The lowest BCUT2D eigenvalue weighted by Gasteiger charge is -2.21. The van der Waals surface area contributed by atoms with Gasteiger partial charge in [-0.05, 0) is 32.1 Å². The number of nitrogens with one attached hydrogen (secondary N) is 1. The first-order chi connectivity index (χ1) is 6.94. The van der Waals surface area contributed by atoms with Crippen molar-refractivity contribution in [2.24, 2.45) is 11.8 Å². The molecule has 88 valence electrons. The smallest absolute Gasteiger partial charge is 0.150 e. The van der Waals surface area contributed by atoms with Gasteiger partial charge in [-0.2, -0.15) is 0 Å². The zero-order valence-corrected chi connectivity index (χ0v) is 10.0. The molecule has 1 fully saturated rings. The van der Waals surface area contributed by atoms with Crippen molar-refractivity contribution in [2.45, 2.75) is 32.2 Å². The number of nitrogens with two attached hydrogens (primary N) is 1. The Bertz CT molecular complexity index is 324. The summed E-state index contributed by atoms with van der Waals surface area (Å²) in [6.07, 6.45) is 2.49. The Labute approximate surface area is 91.8 Å². The summed E-state index contributed by atoms with van der Waals surface area (Å²) in [7, 11) is -2.81. The summed E-state index contributed by atoms with van der Waals surface area (Å²) in [4.78, 5) is 0. The second kappa shape index (κ2) is 5.09. The zero-order chi connectivity index (χ0) is 11.5. The Hall–Kier alpha value is -0.390. The van der Waals surface area contributed by atoms with E-state index in [1.54, 1.807) is 0 Å². The van der Waals surface area contributed by atoms with Gasteiger partial charge in [-0.3, -0.25) is 11.3 Å². The van der Waals surface area contributed by atoms with Crippen molar-refractivity contribution in [3.8, 4) is 0 Å². The third-order valence-corrected chi connectivity index (χ3v) is 4.73. The number of hydrogen-bond acceptors (Lipinski definition) is 4. The standard InChI is InChI=1S/C10H20N2O2S/c1-8(2)3-4-10(12-11)9-5-6-15(13,14)7-9/h9-10,12H,1,3-7,11H2,2H3. The monoisotopic (exact) mass is 232 g/mol. The minimum atomic E-state index is -2.81. The summed E-state index contributed by atoms with van der Waals surface area (Å²) in [6.45, 7) is 5.80. The van der Waals surface area contributed by atoms with Crippen LogP contribution in [0.2, 0.25) is 0 Å². The van der Waals surface area contributed by atoms with Crippen LogP contribution in [-0.2, 0) is 9.84 Å². The summed E-state index contributed by atoms with van der Waals surface area (Å²) < 4.78 is 22.6. The van der Waals surface area contributed by atoms with Gasteiger partial charge in [0.15, 0.2) is 9.84 Å². The van der Waals surface area contributed by atoms with Crippen molar-refractivity contribution in [3.63, 3.8) is 0 Å². The van der Waals surface area contributed by atoms with Crippen LogP contribution in [0.3, 0.4) is 0 Å². The van der Waals surface area contributed by atoms with E-state index in [0.717, 1.165) is 24.8 Å². The van der Waals surface area contributed by atoms with Crippen molar-refractivity contribution in [2.75, 3.05) is 11.5 Å². The third-order valence-electron chi connectivity index (χ3n) is 2.93. The molecule has 0 amide bonds. The van der Waals surface area contributed by atoms with Gasteiger partial charge in [0.05, 0.1) is 11.5 Å². The molecule has 1 aliphatic heterocycles. The SMILES string of the molecule is C=C(C)CCC(NN)C1CCS(=O)(=O)C1. The Kier molecular flexibility index (Phi) is 4.31. The van der Waals surface area contributed by atoms with E-state index in [1.807, 2.05) is 6.92 Å². The Morgan fingerprint density at radius 1 is 1.67 bits per heavy atom. The van der Waals surface area contributed by atoms with Crippen molar-refractivity contribution in [1.82, 2.24) is 5.43 Å². The van der Waals surface area contributed by atoms with Gasteiger partial charge in [0.1, 0.15) is 0 Å². The molecule has 0 radical (unpaired) electrons. The highest BCUT2D eigenvalue weighted by atomic mass is 32.2. The predicted molar refractivity (Wildman–Crippen MR) is 61.9 cm³/mol. The minimum absolute atomic E-state index is 0.0963. The van der Waals surface area contributed by atoms with Crippen LogP contribution in [0.1, 0.15) is 26.2 Å². The van der Waals surface area contributed by atoms with Crippen LogP contribution in [0.4, 0.5) is 0 Å². The molecule has 0 aromatic heterocycles. The van der Waals surface area contributed by atoms with Crippen LogP contribution in [0.25, 0.3) is 0 Å². The first-order valence-electron chi connectivity index (χ1n) is 5.25. The fraction of sp³-hybridized carbons (Fsp3) is 0.800. The maximum Gasteiger partial charge on any atom is 0.150 e. The van der Waals surface area contributed by atoms with E-state index < -0.39 is 9.84 Å². The minimum Gasteiger partial charge on any atom is -0.271 e. The van der Waals surface area contributed by atoms with Gasteiger partial charge >= 0.3 is 0 Å². The normalized spacial score (nSPS) is 26.4. The van der Waals surface area contributed by atoms with Crippen molar-refractivity contribution in [1.29, 1.82) is 0 Å².